The minimum Gasteiger partial charge on any atom is -0.357 e. The molecule has 32 heavy (non-hydrogen) atoms. The van der Waals surface area contributed by atoms with Crippen molar-refractivity contribution in [1.82, 2.24) is 15.5 Å². The highest BCUT2D eigenvalue weighted by Gasteiger charge is 2.18. The van der Waals surface area contributed by atoms with E-state index in [4.69, 9.17) is 0 Å². The Morgan fingerprint density at radius 1 is 1.09 bits per heavy atom. The molecule has 10 heteroatoms. The number of hydrogen-bond acceptors (Lipinski definition) is 4. The van der Waals surface area contributed by atoms with Gasteiger partial charge in [-0.05, 0) is 43.2 Å². The average molecular weight is 576 g/mol. The van der Waals surface area contributed by atoms with Crippen LogP contribution in [0.15, 0.2) is 58.4 Å². The highest BCUT2D eigenvalue weighted by molar-refractivity contribution is 14.0. The molecule has 0 aliphatic heterocycles. The monoisotopic (exact) mass is 576 g/mol. The van der Waals surface area contributed by atoms with Gasteiger partial charge in [-0.2, -0.15) is 0 Å². The first-order valence-corrected chi connectivity index (χ1v) is 11.7. The molecule has 0 aliphatic rings. The van der Waals surface area contributed by atoms with Gasteiger partial charge in [0.05, 0.1) is 12.3 Å². The number of carbonyl (C=O) groups is 1. The van der Waals surface area contributed by atoms with Crippen LogP contribution in [0.1, 0.15) is 22.8 Å². The van der Waals surface area contributed by atoms with E-state index in [1.807, 2.05) is 25.1 Å². The molecule has 0 heterocycles. The van der Waals surface area contributed by atoms with Crippen molar-refractivity contribution in [3.05, 3.63) is 65.5 Å². The van der Waals surface area contributed by atoms with E-state index in [-0.39, 0.29) is 47.1 Å². The number of carbonyl (C=O) groups excluding carboxylic acids is 1. The molecule has 0 saturated carbocycles. The van der Waals surface area contributed by atoms with E-state index < -0.39 is 15.7 Å². The lowest BCUT2D eigenvalue weighted by Gasteiger charge is -2.13. The third kappa shape index (κ3) is 8.38. The molecule has 0 radical (unpaired) electrons. The maximum atomic E-state index is 13.8. The van der Waals surface area contributed by atoms with Crippen molar-refractivity contribution in [2.75, 3.05) is 39.5 Å². The summed E-state index contributed by atoms with van der Waals surface area (Å²) in [4.78, 5) is 17.6. The molecule has 0 bridgehead atoms. The molecule has 0 spiro atoms. The lowest BCUT2D eigenvalue weighted by molar-refractivity contribution is 0.0827. The number of nitrogens with zero attached hydrogens (tertiary/aromatic N) is 2. The van der Waals surface area contributed by atoms with Crippen molar-refractivity contribution >= 4 is 45.7 Å². The molecule has 2 aromatic rings. The zero-order valence-electron chi connectivity index (χ0n) is 18.5. The third-order valence-corrected chi connectivity index (χ3v) is 6.15. The third-order valence-electron chi connectivity index (χ3n) is 4.43. The number of sulfone groups is 1. The molecule has 0 saturated heterocycles. The predicted octanol–water partition coefficient (Wildman–Crippen LogP) is 2.72. The second kappa shape index (κ2) is 13.4. The summed E-state index contributed by atoms with van der Waals surface area (Å²) in [5.41, 5.74) is 1.62. The number of nitrogens with one attached hydrogen (secondary N) is 2. The van der Waals surface area contributed by atoms with E-state index in [9.17, 15) is 17.6 Å². The first-order chi connectivity index (χ1) is 14.7. The molecule has 176 valence electrons. The van der Waals surface area contributed by atoms with Gasteiger partial charge in [0.2, 0.25) is 0 Å². The number of amides is 1. The van der Waals surface area contributed by atoms with E-state index in [0.717, 1.165) is 11.6 Å². The van der Waals surface area contributed by atoms with Gasteiger partial charge in [-0.1, -0.05) is 24.3 Å². The number of halogens is 2. The van der Waals surface area contributed by atoms with Crippen LogP contribution in [0.2, 0.25) is 0 Å². The topological polar surface area (TPSA) is 90.9 Å². The predicted molar refractivity (Wildman–Crippen MR) is 136 cm³/mol. The summed E-state index contributed by atoms with van der Waals surface area (Å²) in [6, 6.07) is 12.8. The number of hydrogen-bond donors (Lipinski definition) is 2. The first kappa shape index (κ1) is 27.8. The van der Waals surface area contributed by atoms with E-state index in [2.05, 4.69) is 15.6 Å². The molecule has 7 nitrogen and oxygen atoms in total. The summed E-state index contributed by atoms with van der Waals surface area (Å²) in [6.45, 7) is 3.06. The standard InChI is InChI=1S/C22H29FN4O3S.HI/c1-4-24-22(26-14-15-31(29,30)20-11-6-5-10-19(20)23)25-13-12-17-8-7-9-18(16-17)21(28)27(2)3;/h5-11,16H,4,12-15H2,1-3H3,(H2,24,25,26);1H. The Bertz CT molecular complexity index is 1030. The maximum Gasteiger partial charge on any atom is 0.253 e. The van der Waals surface area contributed by atoms with Crippen molar-refractivity contribution in [1.29, 1.82) is 0 Å². The van der Waals surface area contributed by atoms with Crippen LogP contribution >= 0.6 is 24.0 Å². The van der Waals surface area contributed by atoms with Crippen LogP contribution in [0, 0.1) is 5.82 Å². The lowest BCUT2D eigenvalue weighted by atomic mass is 10.1. The molecule has 2 N–H and O–H groups in total. The number of benzene rings is 2. The van der Waals surface area contributed by atoms with Crippen LogP contribution in [-0.4, -0.2) is 64.7 Å². The van der Waals surface area contributed by atoms with Crippen LogP contribution in [0.3, 0.4) is 0 Å². The van der Waals surface area contributed by atoms with Gasteiger partial charge in [0.25, 0.3) is 5.91 Å². The van der Waals surface area contributed by atoms with Gasteiger partial charge in [-0.25, -0.2) is 12.8 Å². The molecule has 0 fully saturated rings. The molecule has 2 rings (SSSR count). The van der Waals surface area contributed by atoms with Gasteiger partial charge in [-0.3, -0.25) is 9.79 Å². The first-order valence-electron chi connectivity index (χ1n) is 10.0. The molecular weight excluding hydrogens is 546 g/mol. The second-order valence-corrected chi connectivity index (χ2v) is 9.16. The molecule has 0 atom stereocenters. The molecule has 0 aliphatic carbocycles. The minimum atomic E-state index is -3.76. The van der Waals surface area contributed by atoms with Crippen molar-refractivity contribution in [3.8, 4) is 0 Å². The van der Waals surface area contributed by atoms with Crippen molar-refractivity contribution < 1.29 is 17.6 Å². The largest absolute Gasteiger partial charge is 0.357 e. The Labute approximate surface area is 206 Å². The van der Waals surface area contributed by atoms with Crippen LogP contribution < -0.4 is 10.6 Å². The van der Waals surface area contributed by atoms with Crippen LogP contribution in [0.25, 0.3) is 0 Å². The Kier molecular flexibility index (Phi) is 11.6. The zero-order chi connectivity index (χ0) is 22.9. The van der Waals surface area contributed by atoms with E-state index in [1.165, 1.54) is 23.1 Å². The Hall–Kier alpha value is -2.21. The molecule has 2 aromatic carbocycles. The van der Waals surface area contributed by atoms with E-state index >= 15 is 0 Å². The second-order valence-electron chi connectivity index (χ2n) is 7.09. The fourth-order valence-electron chi connectivity index (χ4n) is 2.87. The van der Waals surface area contributed by atoms with Crippen molar-refractivity contribution in [3.63, 3.8) is 0 Å². The highest BCUT2D eigenvalue weighted by Crippen LogP contribution is 2.15. The fraction of sp³-hybridized carbons (Fsp3) is 0.364. The van der Waals surface area contributed by atoms with Gasteiger partial charge in [-0.15, -0.1) is 24.0 Å². The Morgan fingerprint density at radius 2 is 1.81 bits per heavy atom. The minimum absolute atomic E-state index is 0. The fourth-order valence-corrected chi connectivity index (χ4v) is 4.07. The van der Waals surface area contributed by atoms with Gasteiger partial charge >= 0.3 is 0 Å². The smallest absolute Gasteiger partial charge is 0.253 e. The quantitative estimate of drug-likeness (QED) is 0.272. The van der Waals surface area contributed by atoms with Gasteiger partial charge in [0, 0.05) is 32.7 Å². The molecule has 1 amide bonds. The van der Waals surface area contributed by atoms with Gasteiger partial charge < -0.3 is 15.5 Å². The summed E-state index contributed by atoms with van der Waals surface area (Å²) >= 11 is 0. The number of guanidine groups is 1. The summed E-state index contributed by atoms with van der Waals surface area (Å²) in [6.07, 6.45) is 0.659. The Balaban J connectivity index is 0.00000512. The van der Waals surface area contributed by atoms with Crippen molar-refractivity contribution in [2.24, 2.45) is 4.99 Å². The summed E-state index contributed by atoms with van der Waals surface area (Å²) in [5, 5.41) is 6.21. The van der Waals surface area contributed by atoms with Gasteiger partial charge in [0.1, 0.15) is 10.7 Å². The van der Waals surface area contributed by atoms with E-state index in [0.29, 0.717) is 31.0 Å². The summed E-state index contributed by atoms with van der Waals surface area (Å²) in [5.74, 6) is -0.627. The van der Waals surface area contributed by atoms with E-state index in [1.54, 1.807) is 20.2 Å². The summed E-state index contributed by atoms with van der Waals surface area (Å²) in [7, 11) is -0.338. The lowest BCUT2D eigenvalue weighted by Crippen LogP contribution is -2.38. The normalized spacial score (nSPS) is 11.4. The summed E-state index contributed by atoms with van der Waals surface area (Å²) < 4.78 is 38.5. The highest BCUT2D eigenvalue weighted by atomic mass is 127. The van der Waals surface area contributed by atoms with Crippen LogP contribution in [-0.2, 0) is 16.3 Å². The maximum absolute atomic E-state index is 13.8. The number of aliphatic imine (C=N–C) groups is 1. The zero-order valence-corrected chi connectivity index (χ0v) is 21.6. The SMILES string of the molecule is CCNC(=NCCS(=O)(=O)c1ccccc1F)NCCc1cccc(C(=O)N(C)C)c1.I. The average Bonchev–Trinajstić information content (AvgIpc) is 2.73. The van der Waals surface area contributed by atoms with Crippen LogP contribution in [0.5, 0.6) is 0 Å². The molecule has 0 unspecified atom stereocenters. The Morgan fingerprint density at radius 3 is 2.47 bits per heavy atom. The van der Waals surface area contributed by atoms with Gasteiger partial charge in [0.15, 0.2) is 15.8 Å². The number of rotatable bonds is 9. The molecule has 0 aromatic heterocycles. The van der Waals surface area contributed by atoms with Crippen molar-refractivity contribution in [2.45, 2.75) is 18.2 Å². The molecular formula is C22H30FIN4O3S. The van der Waals surface area contributed by atoms with Crippen LogP contribution in [0.4, 0.5) is 4.39 Å².